The van der Waals surface area contributed by atoms with Crippen LogP contribution in [0.15, 0.2) is 54.6 Å². The summed E-state index contributed by atoms with van der Waals surface area (Å²) in [4.78, 5) is 25.8. The minimum Gasteiger partial charge on any atom is -0.465 e. The Bertz CT molecular complexity index is 1070. The number of amides is 2. The molecule has 0 saturated carbocycles. The van der Waals surface area contributed by atoms with E-state index in [4.69, 9.17) is 0 Å². The number of aliphatic hydroxyl groups excluding tert-OH is 1. The molecular weight excluding hydrogens is 470 g/mol. The third-order valence-electron chi connectivity index (χ3n) is 5.32. The van der Waals surface area contributed by atoms with Crippen LogP contribution in [0, 0.1) is 5.92 Å². The number of carbonyl (C=O) groups is 2. The molecule has 0 aromatic heterocycles. The molecule has 1 unspecified atom stereocenters. The first-order valence-electron chi connectivity index (χ1n) is 11.6. The Kier molecular flexibility index (Phi) is 10.5. The van der Waals surface area contributed by atoms with Crippen molar-refractivity contribution < 1.29 is 28.2 Å². The van der Waals surface area contributed by atoms with Gasteiger partial charge in [-0.15, -0.1) is 0 Å². The van der Waals surface area contributed by atoms with Crippen molar-refractivity contribution in [3.63, 3.8) is 0 Å². The van der Waals surface area contributed by atoms with E-state index in [0.717, 1.165) is 5.56 Å². The van der Waals surface area contributed by atoms with Gasteiger partial charge in [0.2, 0.25) is 5.91 Å². The lowest BCUT2D eigenvalue weighted by atomic mass is 10.0. The zero-order valence-corrected chi connectivity index (χ0v) is 21.2. The maximum atomic E-state index is 13.3. The molecule has 0 spiro atoms. The van der Waals surface area contributed by atoms with Gasteiger partial charge in [0.05, 0.1) is 6.10 Å². The Morgan fingerprint density at radius 1 is 1.03 bits per heavy atom. The van der Waals surface area contributed by atoms with Crippen LogP contribution in [0.25, 0.3) is 0 Å². The number of benzene rings is 2. The highest BCUT2D eigenvalue weighted by Gasteiger charge is 2.29. The van der Waals surface area contributed by atoms with Crippen LogP contribution >= 0.6 is 0 Å². The van der Waals surface area contributed by atoms with Crippen molar-refractivity contribution in [2.45, 2.75) is 52.2 Å². The lowest BCUT2D eigenvalue weighted by Gasteiger charge is -2.28. The first-order chi connectivity index (χ1) is 16.5. The van der Waals surface area contributed by atoms with Gasteiger partial charge in [-0.25, -0.2) is 13.2 Å². The van der Waals surface area contributed by atoms with Gasteiger partial charge < -0.3 is 20.4 Å². The number of rotatable bonds is 13. The lowest BCUT2D eigenvalue weighted by Crippen LogP contribution is -2.51. The maximum Gasteiger partial charge on any atom is 0.405 e. The van der Waals surface area contributed by atoms with Crippen molar-refractivity contribution in [1.82, 2.24) is 10.2 Å². The minimum atomic E-state index is -4.01. The van der Waals surface area contributed by atoms with Gasteiger partial charge in [0.1, 0.15) is 11.9 Å². The van der Waals surface area contributed by atoms with Gasteiger partial charge in [0.25, 0.3) is 10.0 Å². The standard InChI is InChI=1S/C25H35N3O6S/c1-18(2)15-23(26-25(31)32)24(30)28(14-8-11-20-9-5-4-6-10-20)17-35(33,34)27-22-13-7-12-21(16-22)19(3)29/h4-7,9-10,12-13,16,18-19,23,26-27,29H,8,11,14-15,17H2,1-3H3,(H,31,32)/t19?,23-/m0/s1. The molecule has 9 nitrogen and oxygen atoms in total. The highest BCUT2D eigenvalue weighted by molar-refractivity contribution is 7.92. The van der Waals surface area contributed by atoms with Gasteiger partial charge in [-0.1, -0.05) is 56.3 Å². The van der Waals surface area contributed by atoms with Crippen LogP contribution in [0.4, 0.5) is 10.5 Å². The molecule has 192 valence electrons. The molecule has 2 rings (SSSR count). The van der Waals surface area contributed by atoms with Gasteiger partial charge in [0, 0.05) is 12.2 Å². The van der Waals surface area contributed by atoms with Crippen molar-refractivity contribution in [2.24, 2.45) is 5.92 Å². The summed E-state index contributed by atoms with van der Waals surface area (Å²) in [5.41, 5.74) is 1.87. The normalized spacial score (nSPS) is 13.2. The van der Waals surface area contributed by atoms with E-state index < -0.39 is 40.0 Å². The third kappa shape index (κ3) is 9.96. The fourth-order valence-corrected chi connectivity index (χ4v) is 4.92. The number of sulfonamides is 1. The zero-order chi connectivity index (χ0) is 26.0. The van der Waals surface area contributed by atoms with E-state index in [1.165, 1.54) is 11.0 Å². The molecule has 35 heavy (non-hydrogen) atoms. The summed E-state index contributed by atoms with van der Waals surface area (Å²) in [6, 6.07) is 14.9. The summed E-state index contributed by atoms with van der Waals surface area (Å²) in [7, 11) is -4.01. The molecule has 0 aliphatic heterocycles. The predicted octanol–water partition coefficient (Wildman–Crippen LogP) is 3.58. The Labute approximate surface area is 207 Å². The maximum absolute atomic E-state index is 13.3. The quantitative estimate of drug-likeness (QED) is 0.329. The van der Waals surface area contributed by atoms with Crippen molar-refractivity contribution in [3.8, 4) is 0 Å². The van der Waals surface area contributed by atoms with Gasteiger partial charge in [-0.05, 0) is 55.4 Å². The molecule has 2 atom stereocenters. The van der Waals surface area contributed by atoms with Gasteiger partial charge >= 0.3 is 6.09 Å². The van der Waals surface area contributed by atoms with Crippen molar-refractivity contribution in [3.05, 3.63) is 65.7 Å². The van der Waals surface area contributed by atoms with Gasteiger partial charge in [-0.2, -0.15) is 0 Å². The third-order valence-corrected chi connectivity index (χ3v) is 6.52. The number of hydrogen-bond donors (Lipinski definition) is 4. The van der Waals surface area contributed by atoms with E-state index in [0.29, 0.717) is 18.4 Å². The number of nitrogens with one attached hydrogen (secondary N) is 2. The van der Waals surface area contributed by atoms with E-state index in [1.54, 1.807) is 25.1 Å². The smallest absolute Gasteiger partial charge is 0.405 e. The second-order valence-electron chi connectivity index (χ2n) is 8.97. The van der Waals surface area contributed by atoms with Crippen LogP contribution in [0.5, 0.6) is 0 Å². The van der Waals surface area contributed by atoms with E-state index in [-0.39, 0.29) is 24.6 Å². The molecule has 0 saturated heterocycles. The Morgan fingerprint density at radius 2 is 1.71 bits per heavy atom. The molecule has 0 fully saturated rings. The van der Waals surface area contributed by atoms with E-state index in [1.807, 2.05) is 44.2 Å². The highest BCUT2D eigenvalue weighted by atomic mass is 32.2. The SMILES string of the molecule is CC(C)C[C@H](NC(=O)O)C(=O)N(CCCc1ccccc1)CS(=O)(=O)Nc1cccc(C(C)O)c1. The molecule has 0 aliphatic rings. The van der Waals surface area contributed by atoms with Crippen molar-refractivity contribution in [2.75, 3.05) is 17.1 Å². The number of anilines is 1. The van der Waals surface area contributed by atoms with Crippen LogP contribution in [-0.2, 0) is 21.2 Å². The molecule has 0 bridgehead atoms. The number of aliphatic hydroxyl groups is 1. The molecule has 2 aromatic carbocycles. The molecule has 0 radical (unpaired) electrons. The fourth-order valence-electron chi connectivity index (χ4n) is 3.70. The molecule has 4 N–H and O–H groups in total. The van der Waals surface area contributed by atoms with Crippen LogP contribution in [0.2, 0.25) is 0 Å². The molecule has 0 heterocycles. The average Bonchev–Trinajstić information content (AvgIpc) is 2.77. The first kappa shape index (κ1) is 28.1. The fraction of sp³-hybridized carbons (Fsp3) is 0.440. The molecule has 2 aromatic rings. The summed E-state index contributed by atoms with van der Waals surface area (Å²) in [5.74, 6) is -1.20. The number of carbonyl (C=O) groups excluding carboxylic acids is 1. The molecular formula is C25H35N3O6S. The second-order valence-corrected chi connectivity index (χ2v) is 10.7. The number of carboxylic acid groups (broad SMARTS) is 1. The predicted molar refractivity (Wildman–Crippen MR) is 135 cm³/mol. The first-order valence-corrected chi connectivity index (χ1v) is 13.2. The Balaban J connectivity index is 2.22. The van der Waals surface area contributed by atoms with Crippen LogP contribution in [0.3, 0.4) is 0 Å². The number of hydrogen-bond acceptors (Lipinski definition) is 5. The highest BCUT2D eigenvalue weighted by Crippen LogP contribution is 2.19. The second kappa shape index (κ2) is 13.1. The van der Waals surface area contributed by atoms with E-state index in [2.05, 4.69) is 10.0 Å². The van der Waals surface area contributed by atoms with Crippen LogP contribution in [0.1, 0.15) is 50.8 Å². The van der Waals surface area contributed by atoms with Gasteiger partial charge in [-0.3, -0.25) is 9.52 Å². The molecule has 10 heteroatoms. The van der Waals surface area contributed by atoms with E-state index >= 15 is 0 Å². The lowest BCUT2D eigenvalue weighted by molar-refractivity contribution is -0.133. The van der Waals surface area contributed by atoms with E-state index in [9.17, 15) is 28.2 Å². The van der Waals surface area contributed by atoms with Crippen LogP contribution in [-0.4, -0.2) is 54.0 Å². The summed E-state index contributed by atoms with van der Waals surface area (Å²) in [6.45, 7) is 5.43. The zero-order valence-electron chi connectivity index (χ0n) is 20.3. The topological polar surface area (TPSA) is 136 Å². The van der Waals surface area contributed by atoms with Crippen LogP contribution < -0.4 is 10.0 Å². The van der Waals surface area contributed by atoms with Crippen molar-refractivity contribution in [1.29, 1.82) is 0 Å². The summed E-state index contributed by atoms with van der Waals surface area (Å²) in [6.07, 6.45) is -0.733. The minimum absolute atomic E-state index is 0.0138. The summed E-state index contributed by atoms with van der Waals surface area (Å²) >= 11 is 0. The molecule has 0 aliphatic carbocycles. The Morgan fingerprint density at radius 3 is 2.31 bits per heavy atom. The van der Waals surface area contributed by atoms with Crippen molar-refractivity contribution >= 4 is 27.7 Å². The monoisotopic (exact) mass is 505 g/mol. The Hall–Kier alpha value is -3.11. The number of nitrogens with zero attached hydrogens (tertiary/aromatic N) is 1. The summed E-state index contributed by atoms with van der Waals surface area (Å²) in [5, 5.41) is 21.2. The van der Waals surface area contributed by atoms with Gasteiger partial charge in [0.15, 0.2) is 0 Å². The average molecular weight is 506 g/mol. The summed E-state index contributed by atoms with van der Waals surface area (Å²) < 4.78 is 28.4. The number of aryl methyl sites for hydroxylation is 1. The largest absolute Gasteiger partial charge is 0.465 e. The molecule has 2 amide bonds.